The average molecular weight is 280 g/mol. The summed E-state index contributed by atoms with van der Waals surface area (Å²) in [6.45, 7) is 5.72. The molecule has 0 fully saturated rings. The van der Waals surface area contributed by atoms with Crippen molar-refractivity contribution >= 4 is 17.0 Å². The van der Waals surface area contributed by atoms with E-state index in [1.165, 1.54) is 0 Å². The van der Waals surface area contributed by atoms with Crippen LogP contribution in [0, 0.1) is 20.8 Å². The van der Waals surface area contributed by atoms with Gasteiger partial charge in [0.15, 0.2) is 0 Å². The number of carboxylic acids is 1. The van der Waals surface area contributed by atoms with Gasteiger partial charge in [0.25, 0.3) is 0 Å². The van der Waals surface area contributed by atoms with E-state index in [2.05, 4.69) is 9.97 Å². The van der Waals surface area contributed by atoms with E-state index in [0.717, 1.165) is 27.7 Å². The fourth-order valence-corrected chi connectivity index (χ4v) is 2.63. The third-order valence-electron chi connectivity index (χ3n) is 3.71. The molecule has 1 heterocycles. The van der Waals surface area contributed by atoms with Crippen LogP contribution >= 0.6 is 0 Å². The molecule has 106 valence electrons. The second-order valence-corrected chi connectivity index (χ2v) is 5.36. The minimum Gasteiger partial charge on any atom is -0.478 e. The highest BCUT2D eigenvalue weighted by Gasteiger charge is 2.19. The number of imidazole rings is 1. The van der Waals surface area contributed by atoms with E-state index >= 15 is 0 Å². The number of hydrogen-bond donors (Lipinski definition) is 2. The van der Waals surface area contributed by atoms with E-state index in [4.69, 9.17) is 0 Å². The predicted molar refractivity (Wildman–Crippen MR) is 82.7 cm³/mol. The lowest BCUT2D eigenvalue weighted by atomic mass is 9.97. The first-order chi connectivity index (χ1) is 9.97. The molecule has 0 saturated heterocycles. The number of carbonyl (C=O) groups is 1. The molecule has 1 aromatic heterocycles. The number of carboxylic acid groups (broad SMARTS) is 1. The van der Waals surface area contributed by atoms with Crippen molar-refractivity contribution in [2.45, 2.75) is 20.8 Å². The van der Waals surface area contributed by atoms with Crippen molar-refractivity contribution in [1.29, 1.82) is 0 Å². The SMILES string of the molecule is Cc1ccc2nc(-c3c(C)ccc(C)c3C(=O)O)[nH]c2c1. The van der Waals surface area contributed by atoms with Gasteiger partial charge in [0.1, 0.15) is 5.82 Å². The molecular weight excluding hydrogens is 264 g/mol. The molecule has 0 saturated carbocycles. The maximum Gasteiger partial charge on any atom is 0.336 e. The molecule has 0 radical (unpaired) electrons. The Morgan fingerprint density at radius 1 is 1.10 bits per heavy atom. The molecule has 0 unspecified atom stereocenters. The van der Waals surface area contributed by atoms with E-state index in [-0.39, 0.29) is 0 Å². The van der Waals surface area contributed by atoms with Crippen LogP contribution in [0.5, 0.6) is 0 Å². The summed E-state index contributed by atoms with van der Waals surface area (Å²) in [6.07, 6.45) is 0. The third kappa shape index (κ3) is 2.18. The first-order valence-corrected chi connectivity index (χ1v) is 6.77. The number of benzene rings is 2. The monoisotopic (exact) mass is 280 g/mol. The highest BCUT2D eigenvalue weighted by Crippen LogP contribution is 2.29. The van der Waals surface area contributed by atoms with Crippen LogP contribution in [0.25, 0.3) is 22.4 Å². The van der Waals surface area contributed by atoms with Crippen LogP contribution in [0.3, 0.4) is 0 Å². The van der Waals surface area contributed by atoms with Crippen molar-refractivity contribution in [3.05, 3.63) is 52.6 Å². The number of nitrogens with zero attached hydrogens (tertiary/aromatic N) is 1. The van der Waals surface area contributed by atoms with E-state index in [1.54, 1.807) is 6.92 Å². The lowest BCUT2D eigenvalue weighted by Crippen LogP contribution is -2.05. The molecule has 3 rings (SSSR count). The first kappa shape index (κ1) is 13.4. The Hall–Kier alpha value is -2.62. The molecule has 4 heteroatoms. The summed E-state index contributed by atoms with van der Waals surface area (Å²) in [6, 6.07) is 9.70. The van der Waals surface area contributed by atoms with Gasteiger partial charge in [0.05, 0.1) is 16.6 Å². The molecule has 0 aliphatic rings. The molecule has 2 aromatic carbocycles. The smallest absolute Gasteiger partial charge is 0.336 e. The minimum atomic E-state index is -0.928. The molecule has 0 bridgehead atoms. The fourth-order valence-electron chi connectivity index (χ4n) is 2.63. The number of aromatic carboxylic acids is 1. The van der Waals surface area contributed by atoms with Gasteiger partial charge in [-0.25, -0.2) is 9.78 Å². The summed E-state index contributed by atoms with van der Waals surface area (Å²) in [5.74, 6) is -0.322. The van der Waals surface area contributed by atoms with Crippen LogP contribution in [0.2, 0.25) is 0 Å². The molecule has 3 aromatic rings. The van der Waals surface area contributed by atoms with Gasteiger partial charge < -0.3 is 10.1 Å². The van der Waals surface area contributed by atoms with Crippen molar-refractivity contribution in [1.82, 2.24) is 9.97 Å². The fraction of sp³-hybridized carbons (Fsp3) is 0.176. The van der Waals surface area contributed by atoms with Crippen LogP contribution in [0.15, 0.2) is 30.3 Å². The first-order valence-electron chi connectivity index (χ1n) is 6.77. The predicted octanol–water partition coefficient (Wildman–Crippen LogP) is 3.85. The summed E-state index contributed by atoms with van der Waals surface area (Å²) in [5, 5.41) is 9.51. The zero-order valence-electron chi connectivity index (χ0n) is 12.2. The zero-order valence-corrected chi connectivity index (χ0v) is 12.2. The molecule has 0 atom stereocenters. The molecule has 0 spiro atoms. The quantitative estimate of drug-likeness (QED) is 0.749. The van der Waals surface area contributed by atoms with Crippen LogP contribution in [0.1, 0.15) is 27.0 Å². The summed E-state index contributed by atoms with van der Waals surface area (Å²) in [4.78, 5) is 19.4. The lowest BCUT2D eigenvalue weighted by Gasteiger charge is -2.10. The van der Waals surface area contributed by atoms with E-state index in [9.17, 15) is 9.90 Å². The van der Waals surface area contributed by atoms with Gasteiger partial charge in [0, 0.05) is 5.56 Å². The van der Waals surface area contributed by atoms with Gasteiger partial charge in [-0.15, -0.1) is 0 Å². The number of aromatic amines is 1. The third-order valence-corrected chi connectivity index (χ3v) is 3.71. The molecular formula is C17H16N2O2. The van der Waals surface area contributed by atoms with Crippen molar-refractivity contribution in [3.8, 4) is 11.4 Å². The van der Waals surface area contributed by atoms with Gasteiger partial charge in [-0.2, -0.15) is 0 Å². The largest absolute Gasteiger partial charge is 0.478 e. The topological polar surface area (TPSA) is 66.0 Å². The van der Waals surface area contributed by atoms with Gasteiger partial charge in [-0.05, 0) is 49.6 Å². The maximum atomic E-state index is 11.6. The summed E-state index contributed by atoms with van der Waals surface area (Å²) in [5.41, 5.74) is 5.50. The Morgan fingerprint density at radius 3 is 2.52 bits per heavy atom. The zero-order chi connectivity index (χ0) is 15.1. The number of H-pyrrole nitrogens is 1. The molecule has 0 aliphatic heterocycles. The van der Waals surface area contributed by atoms with Crippen LogP contribution in [0.4, 0.5) is 0 Å². The van der Waals surface area contributed by atoms with E-state index < -0.39 is 5.97 Å². The van der Waals surface area contributed by atoms with Crippen LogP contribution in [-0.4, -0.2) is 21.0 Å². The highest BCUT2D eigenvalue weighted by atomic mass is 16.4. The Morgan fingerprint density at radius 2 is 1.81 bits per heavy atom. The molecule has 0 aliphatic carbocycles. The Labute approximate surface area is 122 Å². The average Bonchev–Trinajstić information content (AvgIpc) is 2.83. The van der Waals surface area contributed by atoms with Crippen molar-refractivity contribution in [2.24, 2.45) is 0 Å². The Balaban J connectivity index is 2.32. The standard InChI is InChI=1S/C17H16N2O2/c1-9-4-7-12-13(8-9)19-16(18-12)14-10(2)5-6-11(3)15(14)17(20)21/h4-8H,1-3H3,(H,18,19)(H,20,21). The summed E-state index contributed by atoms with van der Waals surface area (Å²) in [7, 11) is 0. The highest BCUT2D eigenvalue weighted by molar-refractivity contribution is 5.98. The molecule has 4 nitrogen and oxygen atoms in total. The van der Waals surface area contributed by atoms with Gasteiger partial charge in [-0.3, -0.25) is 0 Å². The Bertz CT molecular complexity index is 863. The van der Waals surface area contributed by atoms with Crippen LogP contribution < -0.4 is 0 Å². The van der Waals surface area contributed by atoms with Crippen molar-refractivity contribution in [3.63, 3.8) is 0 Å². The number of aromatic nitrogens is 2. The van der Waals surface area contributed by atoms with Gasteiger partial charge >= 0.3 is 5.97 Å². The number of hydrogen-bond acceptors (Lipinski definition) is 2. The molecule has 0 amide bonds. The lowest BCUT2D eigenvalue weighted by molar-refractivity contribution is 0.0697. The second-order valence-electron chi connectivity index (χ2n) is 5.36. The summed E-state index contributed by atoms with van der Waals surface area (Å²) < 4.78 is 0. The molecule has 21 heavy (non-hydrogen) atoms. The number of fused-ring (bicyclic) bond motifs is 1. The Kier molecular flexibility index (Phi) is 3.01. The number of aryl methyl sites for hydroxylation is 3. The van der Waals surface area contributed by atoms with Gasteiger partial charge in [0.2, 0.25) is 0 Å². The number of nitrogens with one attached hydrogen (secondary N) is 1. The van der Waals surface area contributed by atoms with Crippen molar-refractivity contribution in [2.75, 3.05) is 0 Å². The van der Waals surface area contributed by atoms with E-state index in [0.29, 0.717) is 17.0 Å². The maximum absolute atomic E-state index is 11.6. The second kappa shape index (κ2) is 4.74. The minimum absolute atomic E-state index is 0.311. The van der Waals surface area contributed by atoms with E-state index in [1.807, 2.05) is 44.2 Å². The van der Waals surface area contributed by atoms with Crippen LogP contribution in [-0.2, 0) is 0 Å². The van der Waals surface area contributed by atoms with Gasteiger partial charge in [-0.1, -0.05) is 18.2 Å². The summed E-state index contributed by atoms with van der Waals surface area (Å²) >= 11 is 0. The van der Waals surface area contributed by atoms with Crippen molar-refractivity contribution < 1.29 is 9.90 Å². The number of rotatable bonds is 2. The normalized spacial score (nSPS) is 11.0. The molecule has 2 N–H and O–H groups in total.